The number of amides is 2. The summed E-state index contributed by atoms with van der Waals surface area (Å²) < 4.78 is 6.44. The minimum atomic E-state index is -0.161. The minimum absolute atomic E-state index is 0.0942. The Morgan fingerprint density at radius 2 is 2.25 bits per heavy atom. The van der Waals surface area contributed by atoms with Gasteiger partial charge in [-0.25, -0.2) is 4.68 Å². The summed E-state index contributed by atoms with van der Waals surface area (Å²) in [4.78, 5) is 23.1. The molecule has 1 aromatic heterocycles. The number of ether oxygens (including phenoxy) is 1. The van der Waals surface area contributed by atoms with E-state index in [0.717, 1.165) is 22.8 Å². The van der Waals surface area contributed by atoms with E-state index in [0.29, 0.717) is 19.0 Å². The quantitative estimate of drug-likeness (QED) is 0.740. The van der Waals surface area contributed by atoms with Crippen molar-refractivity contribution in [1.29, 1.82) is 0 Å². The van der Waals surface area contributed by atoms with Gasteiger partial charge in [-0.2, -0.15) is 16.9 Å². The molecule has 0 aromatic carbocycles. The summed E-state index contributed by atoms with van der Waals surface area (Å²) in [6, 6.07) is 0. The molecule has 2 N–H and O–H groups in total. The molecule has 0 saturated carbocycles. The number of nitrogens with one attached hydrogen (secondary N) is 2. The molecule has 1 aliphatic heterocycles. The Hall–Kier alpha value is -1.54. The number of methoxy groups -OCH3 is 1. The van der Waals surface area contributed by atoms with Crippen molar-refractivity contribution >= 4 is 29.4 Å². The summed E-state index contributed by atoms with van der Waals surface area (Å²) in [5.74, 6) is 1.96. The molecule has 0 bridgehead atoms. The average Bonchev–Trinajstić information content (AvgIpc) is 2.93. The van der Waals surface area contributed by atoms with Gasteiger partial charge in [-0.05, 0) is 0 Å². The van der Waals surface area contributed by atoms with E-state index in [1.165, 1.54) is 6.92 Å². The molecule has 0 spiro atoms. The van der Waals surface area contributed by atoms with Crippen LogP contribution in [0.5, 0.6) is 0 Å². The van der Waals surface area contributed by atoms with Crippen LogP contribution in [-0.2, 0) is 32.4 Å². The molecular weight excluding hydrogens is 280 g/mol. The summed E-state index contributed by atoms with van der Waals surface area (Å²) >= 11 is 1.75. The lowest BCUT2D eigenvalue weighted by Gasteiger charge is -2.10. The Kier molecular flexibility index (Phi) is 5.02. The van der Waals surface area contributed by atoms with Gasteiger partial charge in [-0.1, -0.05) is 0 Å². The molecule has 110 valence electrons. The number of aromatic nitrogens is 2. The molecule has 2 rings (SSSR count). The maximum Gasteiger partial charge on any atom is 0.241 e. The fourth-order valence-electron chi connectivity index (χ4n) is 1.97. The highest BCUT2D eigenvalue weighted by atomic mass is 32.2. The van der Waals surface area contributed by atoms with Crippen LogP contribution in [0.4, 0.5) is 5.82 Å². The Balaban J connectivity index is 2.07. The molecule has 1 aliphatic rings. The molecule has 0 saturated heterocycles. The minimum Gasteiger partial charge on any atom is -0.383 e. The Morgan fingerprint density at radius 3 is 2.95 bits per heavy atom. The molecule has 1 aromatic rings. The number of nitrogens with zero attached hydrogens (tertiary/aromatic N) is 2. The summed E-state index contributed by atoms with van der Waals surface area (Å²) in [6.45, 7) is 2.47. The molecule has 0 radical (unpaired) electrons. The summed E-state index contributed by atoms with van der Waals surface area (Å²) in [7, 11) is 1.58. The van der Waals surface area contributed by atoms with Crippen molar-refractivity contribution in [2.75, 3.05) is 25.6 Å². The largest absolute Gasteiger partial charge is 0.383 e. The summed E-state index contributed by atoms with van der Waals surface area (Å²) in [5.41, 5.74) is 1.97. The standard InChI is InChI=1S/C12H18N4O3S/c1-8(17)14-12-9-6-20-7-10(9)15-16(12)5-11(18)13-3-4-19-2/h3-7H2,1-2H3,(H,13,18)(H,14,17). The predicted molar refractivity (Wildman–Crippen MR) is 76.4 cm³/mol. The van der Waals surface area contributed by atoms with Crippen LogP contribution in [0.25, 0.3) is 0 Å². The van der Waals surface area contributed by atoms with Crippen LogP contribution in [0, 0.1) is 0 Å². The second kappa shape index (κ2) is 6.76. The fourth-order valence-corrected chi connectivity index (χ4v) is 3.01. The smallest absolute Gasteiger partial charge is 0.241 e. The van der Waals surface area contributed by atoms with Crippen molar-refractivity contribution in [2.24, 2.45) is 0 Å². The Morgan fingerprint density at radius 1 is 1.45 bits per heavy atom. The van der Waals surface area contributed by atoms with Gasteiger partial charge in [-0.15, -0.1) is 0 Å². The number of thioether (sulfide) groups is 1. The zero-order chi connectivity index (χ0) is 14.5. The van der Waals surface area contributed by atoms with E-state index in [4.69, 9.17) is 4.74 Å². The second-order valence-electron chi connectivity index (χ2n) is 4.45. The zero-order valence-corrected chi connectivity index (χ0v) is 12.4. The van der Waals surface area contributed by atoms with E-state index in [1.54, 1.807) is 23.6 Å². The number of anilines is 1. The van der Waals surface area contributed by atoms with Crippen LogP contribution in [0.3, 0.4) is 0 Å². The van der Waals surface area contributed by atoms with Crippen LogP contribution in [0.2, 0.25) is 0 Å². The van der Waals surface area contributed by atoms with Crippen LogP contribution < -0.4 is 10.6 Å². The van der Waals surface area contributed by atoms with Crippen LogP contribution in [0.1, 0.15) is 18.2 Å². The maximum atomic E-state index is 11.8. The highest BCUT2D eigenvalue weighted by Gasteiger charge is 2.24. The lowest BCUT2D eigenvalue weighted by atomic mass is 10.3. The van der Waals surface area contributed by atoms with Gasteiger partial charge in [0.25, 0.3) is 0 Å². The van der Waals surface area contributed by atoms with Gasteiger partial charge in [0.1, 0.15) is 12.4 Å². The molecule has 7 nitrogen and oxygen atoms in total. The normalized spacial score (nSPS) is 13.1. The number of carbonyl (C=O) groups excluding carboxylic acids is 2. The number of hydrogen-bond donors (Lipinski definition) is 2. The average molecular weight is 298 g/mol. The first kappa shape index (κ1) is 14.9. The van der Waals surface area contributed by atoms with Crippen LogP contribution >= 0.6 is 11.8 Å². The van der Waals surface area contributed by atoms with Crippen molar-refractivity contribution in [3.8, 4) is 0 Å². The number of hydrogen-bond acceptors (Lipinski definition) is 5. The van der Waals surface area contributed by atoms with Crippen molar-refractivity contribution in [3.05, 3.63) is 11.3 Å². The highest BCUT2D eigenvalue weighted by Crippen LogP contribution is 2.34. The number of fused-ring (bicyclic) bond motifs is 1. The van der Waals surface area contributed by atoms with Crippen LogP contribution in [0.15, 0.2) is 0 Å². The van der Waals surface area contributed by atoms with Crippen molar-refractivity contribution in [1.82, 2.24) is 15.1 Å². The van der Waals surface area contributed by atoms with Gasteiger partial charge in [0.15, 0.2) is 0 Å². The third-order valence-corrected chi connectivity index (χ3v) is 3.81. The van der Waals surface area contributed by atoms with Gasteiger partial charge in [0.05, 0.1) is 12.3 Å². The lowest BCUT2D eigenvalue weighted by molar-refractivity contribution is -0.122. The first-order valence-corrected chi connectivity index (χ1v) is 7.46. The first-order valence-electron chi connectivity index (χ1n) is 6.31. The Labute approximate surface area is 121 Å². The molecule has 0 unspecified atom stereocenters. The molecule has 8 heteroatoms. The second-order valence-corrected chi connectivity index (χ2v) is 5.43. The van der Waals surface area contributed by atoms with E-state index in [1.807, 2.05) is 0 Å². The van der Waals surface area contributed by atoms with E-state index in [-0.39, 0.29) is 18.4 Å². The fraction of sp³-hybridized carbons (Fsp3) is 0.583. The molecule has 0 atom stereocenters. The third-order valence-electron chi connectivity index (χ3n) is 2.84. The SMILES string of the molecule is COCCNC(=O)Cn1nc2c(c1NC(C)=O)CSC2. The van der Waals surface area contributed by atoms with E-state index < -0.39 is 0 Å². The predicted octanol–water partition coefficient (Wildman–Crippen LogP) is 0.351. The maximum absolute atomic E-state index is 11.8. The van der Waals surface area contributed by atoms with Gasteiger partial charge in [0, 0.05) is 37.6 Å². The molecule has 2 amide bonds. The van der Waals surface area contributed by atoms with Gasteiger partial charge in [-0.3, -0.25) is 9.59 Å². The van der Waals surface area contributed by atoms with Crippen LogP contribution in [-0.4, -0.2) is 41.9 Å². The first-order chi connectivity index (χ1) is 9.61. The van der Waals surface area contributed by atoms with Gasteiger partial charge >= 0.3 is 0 Å². The van der Waals surface area contributed by atoms with Crippen molar-refractivity contribution in [3.63, 3.8) is 0 Å². The summed E-state index contributed by atoms with van der Waals surface area (Å²) in [6.07, 6.45) is 0. The zero-order valence-electron chi connectivity index (χ0n) is 11.6. The Bertz CT molecular complexity index is 515. The third kappa shape index (κ3) is 3.51. The number of rotatable bonds is 6. The molecular formula is C12H18N4O3S. The summed E-state index contributed by atoms with van der Waals surface area (Å²) in [5, 5.41) is 9.91. The lowest BCUT2D eigenvalue weighted by Crippen LogP contribution is -2.31. The molecule has 20 heavy (non-hydrogen) atoms. The monoisotopic (exact) mass is 298 g/mol. The molecule has 0 aliphatic carbocycles. The van der Waals surface area contributed by atoms with E-state index >= 15 is 0 Å². The van der Waals surface area contributed by atoms with E-state index in [9.17, 15) is 9.59 Å². The molecule has 2 heterocycles. The van der Waals surface area contributed by atoms with Crippen molar-refractivity contribution < 1.29 is 14.3 Å². The van der Waals surface area contributed by atoms with E-state index in [2.05, 4.69) is 15.7 Å². The number of carbonyl (C=O) groups is 2. The highest BCUT2D eigenvalue weighted by molar-refractivity contribution is 7.98. The van der Waals surface area contributed by atoms with Crippen molar-refractivity contribution in [2.45, 2.75) is 25.0 Å². The van der Waals surface area contributed by atoms with Gasteiger partial charge < -0.3 is 15.4 Å². The van der Waals surface area contributed by atoms with Gasteiger partial charge in [0.2, 0.25) is 11.8 Å². The topological polar surface area (TPSA) is 85.2 Å². The molecule has 0 fully saturated rings.